The van der Waals surface area contributed by atoms with Gasteiger partial charge in [-0.3, -0.25) is 14.6 Å². The monoisotopic (exact) mass is 571 g/mol. The van der Waals surface area contributed by atoms with Gasteiger partial charge in [-0.25, -0.2) is 4.79 Å². The maximum absolute atomic E-state index is 12.8. The molecule has 218 valence electrons. The molecule has 0 aromatic heterocycles. The first-order chi connectivity index (χ1) is 19.7. The summed E-state index contributed by atoms with van der Waals surface area (Å²) in [5.74, 6) is -0.409. The van der Waals surface area contributed by atoms with E-state index in [0.717, 1.165) is 51.4 Å². The number of hydrogen-bond donors (Lipinski definition) is 3. The Morgan fingerprint density at radius 2 is 1.49 bits per heavy atom. The van der Waals surface area contributed by atoms with Crippen molar-refractivity contribution < 1.29 is 32.2 Å². The minimum atomic E-state index is -4.80. The number of rotatable bonds is 10. The Balaban J connectivity index is 1.21. The number of carbonyl (C=O) groups is 2. The largest absolute Gasteiger partial charge is 0.573 e. The van der Waals surface area contributed by atoms with Crippen molar-refractivity contribution in [2.45, 2.75) is 12.9 Å². The van der Waals surface area contributed by atoms with Gasteiger partial charge in [0.05, 0.1) is 12.7 Å². The lowest BCUT2D eigenvalue weighted by atomic mass is 10.1. The highest BCUT2D eigenvalue weighted by Gasteiger charge is 2.31. The van der Waals surface area contributed by atoms with Crippen LogP contribution in [0.3, 0.4) is 0 Å². The number of anilines is 2. The van der Waals surface area contributed by atoms with E-state index in [0.29, 0.717) is 17.8 Å². The van der Waals surface area contributed by atoms with Crippen molar-refractivity contribution in [2.24, 2.45) is 0 Å². The van der Waals surface area contributed by atoms with Gasteiger partial charge in [0.25, 0.3) is 5.91 Å². The number of urea groups is 1. The van der Waals surface area contributed by atoms with Gasteiger partial charge in [-0.2, -0.15) is 0 Å². The minimum absolute atomic E-state index is 0.262. The van der Waals surface area contributed by atoms with E-state index >= 15 is 0 Å². The third-order valence-corrected chi connectivity index (χ3v) is 6.48. The van der Waals surface area contributed by atoms with Crippen LogP contribution in [-0.2, 0) is 6.54 Å². The number of nitrogens with one attached hydrogen (secondary N) is 3. The Hall–Kier alpha value is -4.29. The number of benzene rings is 3. The summed E-state index contributed by atoms with van der Waals surface area (Å²) in [4.78, 5) is 29.9. The van der Waals surface area contributed by atoms with Crippen molar-refractivity contribution in [1.82, 2.24) is 15.1 Å². The summed E-state index contributed by atoms with van der Waals surface area (Å²) < 4.78 is 46.1. The average molecular weight is 572 g/mol. The van der Waals surface area contributed by atoms with E-state index in [9.17, 15) is 22.8 Å². The van der Waals surface area contributed by atoms with E-state index in [2.05, 4.69) is 54.8 Å². The number of alkyl halides is 3. The number of methoxy groups -OCH3 is 1. The second-order valence-electron chi connectivity index (χ2n) is 9.43. The van der Waals surface area contributed by atoms with Crippen LogP contribution in [0.15, 0.2) is 72.8 Å². The van der Waals surface area contributed by atoms with E-state index in [1.807, 2.05) is 6.07 Å². The van der Waals surface area contributed by atoms with E-state index in [-0.39, 0.29) is 17.3 Å². The highest BCUT2D eigenvalue weighted by molar-refractivity contribution is 6.01. The first-order valence-electron chi connectivity index (χ1n) is 13.1. The molecule has 0 saturated carbocycles. The molecule has 9 nitrogen and oxygen atoms in total. The number of amides is 3. The van der Waals surface area contributed by atoms with Crippen molar-refractivity contribution in [3.63, 3.8) is 0 Å². The molecule has 1 fully saturated rings. The number of halogens is 3. The van der Waals surface area contributed by atoms with Crippen LogP contribution in [0.2, 0.25) is 0 Å². The zero-order chi connectivity index (χ0) is 29.2. The summed E-state index contributed by atoms with van der Waals surface area (Å²) in [5, 5.41) is 8.05. The molecule has 4 rings (SSSR count). The Labute approximate surface area is 236 Å². The topological polar surface area (TPSA) is 95.2 Å². The van der Waals surface area contributed by atoms with Crippen molar-refractivity contribution >= 4 is 23.3 Å². The fraction of sp³-hybridized carbons (Fsp3) is 0.310. The summed E-state index contributed by atoms with van der Waals surface area (Å²) in [6, 6.07) is 19.1. The molecule has 1 aliphatic heterocycles. The Morgan fingerprint density at radius 3 is 2.15 bits per heavy atom. The van der Waals surface area contributed by atoms with Gasteiger partial charge >= 0.3 is 12.4 Å². The molecule has 1 aliphatic rings. The zero-order valence-corrected chi connectivity index (χ0v) is 22.5. The molecule has 0 unspecified atom stereocenters. The van der Waals surface area contributed by atoms with Crippen LogP contribution in [0, 0.1) is 0 Å². The van der Waals surface area contributed by atoms with Crippen LogP contribution in [0.1, 0.15) is 15.9 Å². The molecular weight excluding hydrogens is 539 g/mol. The van der Waals surface area contributed by atoms with Crippen LogP contribution in [-0.4, -0.2) is 74.5 Å². The van der Waals surface area contributed by atoms with Gasteiger partial charge in [-0.15, -0.1) is 13.2 Å². The molecular formula is C29H32F3N5O4. The SMILES string of the molecule is COc1cc(NC(=O)Nc2ccc(OC(F)(F)F)cc2)ccc1C(=O)NCCN1CCN(Cc2ccccc2)CC1. The lowest BCUT2D eigenvalue weighted by Gasteiger charge is -2.34. The third kappa shape index (κ3) is 9.40. The normalized spacial score (nSPS) is 14.2. The number of ether oxygens (including phenoxy) is 2. The molecule has 1 saturated heterocycles. The highest BCUT2D eigenvalue weighted by Crippen LogP contribution is 2.25. The van der Waals surface area contributed by atoms with Crippen LogP contribution in [0.4, 0.5) is 29.3 Å². The van der Waals surface area contributed by atoms with Crippen LogP contribution in [0.5, 0.6) is 11.5 Å². The van der Waals surface area contributed by atoms with Crippen LogP contribution >= 0.6 is 0 Å². The van der Waals surface area contributed by atoms with Gasteiger partial charge in [0.1, 0.15) is 11.5 Å². The van der Waals surface area contributed by atoms with Crippen molar-refractivity contribution in [3.05, 3.63) is 83.9 Å². The Morgan fingerprint density at radius 1 is 0.854 bits per heavy atom. The zero-order valence-electron chi connectivity index (χ0n) is 22.5. The number of carbonyl (C=O) groups excluding carboxylic acids is 2. The fourth-order valence-corrected chi connectivity index (χ4v) is 4.43. The maximum Gasteiger partial charge on any atom is 0.573 e. The minimum Gasteiger partial charge on any atom is -0.496 e. The van der Waals surface area contributed by atoms with E-state index in [4.69, 9.17) is 4.74 Å². The van der Waals surface area contributed by atoms with Crippen LogP contribution < -0.4 is 25.4 Å². The Bertz CT molecular complexity index is 1300. The summed E-state index contributed by atoms with van der Waals surface area (Å²) in [6.45, 7) is 5.95. The second kappa shape index (κ2) is 13.9. The number of piperazine rings is 1. The summed E-state index contributed by atoms with van der Waals surface area (Å²) in [5.41, 5.74) is 2.25. The van der Waals surface area contributed by atoms with Gasteiger partial charge in [0, 0.05) is 63.3 Å². The van der Waals surface area contributed by atoms with Crippen molar-refractivity contribution in [1.29, 1.82) is 0 Å². The number of nitrogens with zero attached hydrogens (tertiary/aromatic N) is 2. The van der Waals surface area contributed by atoms with Gasteiger partial charge in [-0.1, -0.05) is 30.3 Å². The predicted molar refractivity (Wildman–Crippen MR) is 149 cm³/mol. The molecule has 0 atom stereocenters. The molecule has 0 bridgehead atoms. The first-order valence-corrected chi connectivity index (χ1v) is 13.1. The summed E-state index contributed by atoms with van der Waals surface area (Å²) in [6.07, 6.45) is -4.80. The van der Waals surface area contributed by atoms with Gasteiger partial charge < -0.3 is 25.4 Å². The summed E-state index contributed by atoms with van der Waals surface area (Å²) >= 11 is 0. The molecule has 0 aliphatic carbocycles. The molecule has 1 heterocycles. The highest BCUT2D eigenvalue weighted by atomic mass is 19.4. The van der Waals surface area contributed by atoms with Crippen LogP contribution in [0.25, 0.3) is 0 Å². The summed E-state index contributed by atoms with van der Waals surface area (Å²) in [7, 11) is 1.43. The lowest BCUT2D eigenvalue weighted by Crippen LogP contribution is -2.48. The van der Waals surface area contributed by atoms with E-state index in [1.165, 1.54) is 30.9 Å². The van der Waals surface area contributed by atoms with Crippen molar-refractivity contribution in [2.75, 3.05) is 57.0 Å². The molecule has 41 heavy (non-hydrogen) atoms. The quantitative estimate of drug-likeness (QED) is 0.324. The molecule has 12 heteroatoms. The number of hydrogen-bond acceptors (Lipinski definition) is 6. The van der Waals surface area contributed by atoms with Gasteiger partial charge in [0.15, 0.2) is 0 Å². The maximum atomic E-state index is 12.8. The molecule has 3 amide bonds. The van der Waals surface area contributed by atoms with Gasteiger partial charge in [-0.05, 0) is 42.0 Å². The smallest absolute Gasteiger partial charge is 0.496 e. The lowest BCUT2D eigenvalue weighted by molar-refractivity contribution is -0.274. The molecule has 3 N–H and O–H groups in total. The van der Waals surface area contributed by atoms with E-state index < -0.39 is 18.1 Å². The van der Waals surface area contributed by atoms with Crippen molar-refractivity contribution in [3.8, 4) is 11.5 Å². The van der Waals surface area contributed by atoms with Gasteiger partial charge in [0.2, 0.25) is 0 Å². The molecule has 3 aromatic carbocycles. The Kier molecular flexibility index (Phi) is 10.0. The molecule has 3 aromatic rings. The standard InChI is InChI=1S/C29H32F3N5O4/c1-40-26-19-23(35-28(39)34-22-7-10-24(11-8-22)41-29(30,31)32)9-12-25(26)27(38)33-13-14-36-15-17-37(18-16-36)20-21-5-3-2-4-6-21/h2-12,19H,13-18,20H2,1H3,(H,33,38)(H2,34,35,39). The average Bonchev–Trinajstić information content (AvgIpc) is 2.94. The van der Waals surface area contributed by atoms with E-state index in [1.54, 1.807) is 12.1 Å². The first kappa shape index (κ1) is 29.7. The fourth-order valence-electron chi connectivity index (χ4n) is 4.43. The predicted octanol–water partition coefficient (Wildman–Crippen LogP) is 4.79. The molecule has 0 radical (unpaired) electrons. The second-order valence-corrected chi connectivity index (χ2v) is 9.43. The molecule has 0 spiro atoms. The third-order valence-electron chi connectivity index (χ3n) is 6.48.